The number of fused-ring (bicyclic) bond motifs is 1. The number of rotatable bonds is 4. The highest BCUT2D eigenvalue weighted by atomic mass is 35.5. The molecule has 0 radical (unpaired) electrons. The number of piperidine rings is 1. The molecule has 0 bridgehead atoms. The summed E-state index contributed by atoms with van der Waals surface area (Å²) in [7, 11) is 0. The van der Waals surface area contributed by atoms with Crippen LogP contribution >= 0.6 is 23.4 Å². The second kappa shape index (κ2) is 9.85. The van der Waals surface area contributed by atoms with Gasteiger partial charge in [0.05, 0.1) is 17.3 Å². The van der Waals surface area contributed by atoms with Gasteiger partial charge in [-0.3, -0.25) is 0 Å². The summed E-state index contributed by atoms with van der Waals surface area (Å²) in [6.45, 7) is 8.25. The Bertz CT molecular complexity index is 1010. The zero-order valence-electron chi connectivity index (χ0n) is 19.4. The minimum atomic E-state index is -0.490. The Labute approximate surface area is 204 Å². The number of hydrogen-bond donors (Lipinski definition) is 1. The van der Waals surface area contributed by atoms with E-state index >= 15 is 0 Å². The van der Waals surface area contributed by atoms with Gasteiger partial charge in [-0.2, -0.15) is 0 Å². The predicted molar refractivity (Wildman–Crippen MR) is 132 cm³/mol. The summed E-state index contributed by atoms with van der Waals surface area (Å²) >= 11 is 8.10. The lowest BCUT2D eigenvalue weighted by Crippen LogP contribution is -2.50. The summed E-state index contributed by atoms with van der Waals surface area (Å²) in [4.78, 5) is 26.5. The molecule has 0 saturated carbocycles. The first-order valence-corrected chi connectivity index (χ1v) is 12.7. The van der Waals surface area contributed by atoms with Crippen molar-refractivity contribution in [3.63, 3.8) is 0 Å². The fourth-order valence-corrected chi connectivity index (χ4v) is 4.77. The van der Waals surface area contributed by atoms with Gasteiger partial charge in [-0.05, 0) is 58.1 Å². The van der Waals surface area contributed by atoms with Crippen LogP contribution in [0.4, 0.5) is 22.1 Å². The Morgan fingerprint density at radius 1 is 1.24 bits per heavy atom. The molecule has 1 fully saturated rings. The number of anilines is 3. The standard InChI is InChI=1S/C23H30ClN5O3S/c1-23(2,3)32-22(30)28-9-7-15(8-10-28)29-11-12-31-19-20(25-14-26-21(19)29)27-18-6-5-16(33-4)13-17(18)24/h5-6,13-15H,7-12H2,1-4H3,(H,25,26,27). The largest absolute Gasteiger partial charge is 0.485 e. The normalized spacial score (nSPS) is 16.8. The van der Waals surface area contributed by atoms with Crippen LogP contribution in [-0.2, 0) is 4.74 Å². The number of amides is 1. The number of nitrogens with zero attached hydrogens (tertiary/aromatic N) is 4. The highest BCUT2D eigenvalue weighted by molar-refractivity contribution is 7.98. The topological polar surface area (TPSA) is 79.8 Å². The number of halogens is 1. The number of likely N-dealkylation sites (tertiary alicyclic amines) is 1. The van der Waals surface area contributed by atoms with Crippen LogP contribution in [0.5, 0.6) is 5.75 Å². The summed E-state index contributed by atoms with van der Waals surface area (Å²) < 4.78 is 11.5. The Hall–Kier alpha value is -2.39. The Morgan fingerprint density at radius 3 is 2.67 bits per heavy atom. The fraction of sp³-hybridized carbons (Fsp3) is 0.522. The van der Waals surface area contributed by atoms with Gasteiger partial charge in [-0.15, -0.1) is 11.8 Å². The number of hydrogen-bond acceptors (Lipinski definition) is 8. The van der Waals surface area contributed by atoms with E-state index in [2.05, 4.69) is 20.2 Å². The van der Waals surface area contributed by atoms with Gasteiger partial charge in [0, 0.05) is 24.0 Å². The SMILES string of the molecule is CSc1ccc(Nc2ncnc3c2OCCN3C2CCN(C(=O)OC(C)(C)C)CC2)c(Cl)c1. The number of benzene rings is 1. The molecular weight excluding hydrogens is 462 g/mol. The van der Waals surface area contributed by atoms with E-state index < -0.39 is 5.60 Å². The average Bonchev–Trinajstić information content (AvgIpc) is 2.79. The zero-order chi connectivity index (χ0) is 23.6. The molecule has 3 heterocycles. The van der Waals surface area contributed by atoms with Crippen LogP contribution in [0.1, 0.15) is 33.6 Å². The molecule has 2 aliphatic rings. The molecule has 1 N–H and O–H groups in total. The Balaban J connectivity index is 1.47. The third-order valence-corrected chi connectivity index (χ3v) is 6.66. The number of ether oxygens (including phenoxy) is 2. The summed E-state index contributed by atoms with van der Waals surface area (Å²) in [5.74, 6) is 1.99. The molecule has 1 saturated heterocycles. The highest BCUT2D eigenvalue weighted by Crippen LogP contribution is 2.40. The molecule has 33 heavy (non-hydrogen) atoms. The monoisotopic (exact) mass is 491 g/mol. The molecule has 1 aromatic heterocycles. The Kier molecular flexibility index (Phi) is 7.09. The van der Waals surface area contributed by atoms with Gasteiger partial charge in [0.15, 0.2) is 11.6 Å². The molecule has 0 unspecified atom stereocenters. The maximum Gasteiger partial charge on any atom is 0.410 e. The summed E-state index contributed by atoms with van der Waals surface area (Å²) in [6.07, 6.45) is 4.99. The molecule has 2 aliphatic heterocycles. The van der Waals surface area contributed by atoms with Crippen LogP contribution in [0.2, 0.25) is 5.02 Å². The highest BCUT2D eigenvalue weighted by Gasteiger charge is 2.33. The molecule has 2 aromatic rings. The molecule has 1 aromatic carbocycles. The van der Waals surface area contributed by atoms with E-state index in [9.17, 15) is 4.79 Å². The Morgan fingerprint density at radius 2 is 2.00 bits per heavy atom. The summed E-state index contributed by atoms with van der Waals surface area (Å²) in [5.41, 5.74) is 0.275. The van der Waals surface area contributed by atoms with Crippen LogP contribution in [0.25, 0.3) is 0 Å². The van der Waals surface area contributed by atoms with E-state index in [1.54, 1.807) is 23.0 Å². The minimum absolute atomic E-state index is 0.249. The van der Waals surface area contributed by atoms with E-state index in [0.717, 1.165) is 35.8 Å². The van der Waals surface area contributed by atoms with E-state index in [4.69, 9.17) is 21.1 Å². The van der Waals surface area contributed by atoms with Gasteiger partial charge in [0.2, 0.25) is 5.75 Å². The minimum Gasteiger partial charge on any atom is -0.485 e. The maximum atomic E-state index is 12.4. The van der Waals surface area contributed by atoms with E-state index in [1.807, 2.05) is 45.2 Å². The van der Waals surface area contributed by atoms with Gasteiger partial charge >= 0.3 is 6.09 Å². The second-order valence-electron chi connectivity index (χ2n) is 9.09. The van der Waals surface area contributed by atoms with Gasteiger partial charge in [0.1, 0.15) is 18.5 Å². The first kappa shape index (κ1) is 23.8. The molecule has 8 nitrogen and oxygen atoms in total. The van der Waals surface area contributed by atoms with Crippen LogP contribution in [0, 0.1) is 0 Å². The van der Waals surface area contributed by atoms with Crippen LogP contribution in [0.15, 0.2) is 29.4 Å². The van der Waals surface area contributed by atoms with Crippen molar-refractivity contribution in [2.24, 2.45) is 0 Å². The molecule has 4 rings (SSSR count). The van der Waals surface area contributed by atoms with Crippen molar-refractivity contribution in [3.8, 4) is 5.75 Å². The lowest BCUT2D eigenvalue weighted by molar-refractivity contribution is 0.0203. The van der Waals surface area contributed by atoms with Crippen molar-refractivity contribution in [3.05, 3.63) is 29.5 Å². The van der Waals surface area contributed by atoms with Crippen molar-refractivity contribution in [1.29, 1.82) is 0 Å². The maximum absolute atomic E-state index is 12.4. The fourth-order valence-electron chi connectivity index (χ4n) is 4.04. The van der Waals surface area contributed by atoms with Crippen molar-refractivity contribution in [1.82, 2.24) is 14.9 Å². The van der Waals surface area contributed by atoms with Crippen molar-refractivity contribution < 1.29 is 14.3 Å². The van der Waals surface area contributed by atoms with Gasteiger partial charge in [0.25, 0.3) is 0 Å². The number of carbonyl (C=O) groups excluding carboxylic acids is 1. The van der Waals surface area contributed by atoms with Gasteiger partial charge < -0.3 is 24.6 Å². The number of carbonyl (C=O) groups is 1. The molecular formula is C23H30ClN5O3S. The van der Waals surface area contributed by atoms with E-state index in [0.29, 0.717) is 36.3 Å². The number of nitrogens with one attached hydrogen (secondary N) is 1. The molecule has 0 atom stereocenters. The van der Waals surface area contributed by atoms with Gasteiger partial charge in [-0.1, -0.05) is 11.6 Å². The third kappa shape index (κ3) is 5.58. The quantitative estimate of drug-likeness (QED) is 0.585. The number of thioether (sulfide) groups is 1. The van der Waals surface area contributed by atoms with E-state index in [1.165, 1.54) is 0 Å². The van der Waals surface area contributed by atoms with Gasteiger partial charge in [-0.25, -0.2) is 14.8 Å². The second-order valence-corrected chi connectivity index (χ2v) is 10.4. The lowest BCUT2D eigenvalue weighted by atomic mass is 10.0. The van der Waals surface area contributed by atoms with Crippen molar-refractivity contribution in [2.45, 2.75) is 50.2 Å². The van der Waals surface area contributed by atoms with Crippen LogP contribution in [-0.4, -0.2) is 65.1 Å². The van der Waals surface area contributed by atoms with Crippen molar-refractivity contribution in [2.75, 3.05) is 42.7 Å². The molecule has 0 spiro atoms. The first-order chi connectivity index (χ1) is 15.7. The summed E-state index contributed by atoms with van der Waals surface area (Å²) in [6, 6.07) is 6.14. The summed E-state index contributed by atoms with van der Waals surface area (Å²) in [5, 5.41) is 3.93. The molecule has 0 aliphatic carbocycles. The predicted octanol–water partition coefficient (Wildman–Crippen LogP) is 5.19. The average molecular weight is 492 g/mol. The van der Waals surface area contributed by atoms with Crippen LogP contribution in [0.3, 0.4) is 0 Å². The lowest BCUT2D eigenvalue weighted by Gasteiger charge is -2.41. The third-order valence-electron chi connectivity index (χ3n) is 5.62. The smallest absolute Gasteiger partial charge is 0.410 e. The molecule has 1 amide bonds. The first-order valence-electron chi connectivity index (χ1n) is 11.1. The van der Waals surface area contributed by atoms with E-state index in [-0.39, 0.29) is 12.1 Å². The molecule has 178 valence electrons. The van der Waals surface area contributed by atoms with Crippen LogP contribution < -0.4 is 15.0 Å². The zero-order valence-corrected chi connectivity index (χ0v) is 21.0. The van der Waals surface area contributed by atoms with Crippen molar-refractivity contribution >= 4 is 46.8 Å². The number of aromatic nitrogens is 2. The molecule has 10 heteroatoms.